The largest absolute Gasteiger partial charge is 0.507 e. The van der Waals surface area contributed by atoms with Crippen LogP contribution in [0.4, 0.5) is 5.69 Å². The van der Waals surface area contributed by atoms with Gasteiger partial charge in [0.15, 0.2) is 0 Å². The maximum Gasteiger partial charge on any atom is 0.300 e. The van der Waals surface area contributed by atoms with Crippen molar-refractivity contribution in [3.8, 4) is 11.5 Å². The summed E-state index contributed by atoms with van der Waals surface area (Å²) >= 11 is 0. The number of aliphatic hydroxyl groups excluding tert-OH is 1. The zero-order valence-corrected chi connectivity index (χ0v) is 20.6. The summed E-state index contributed by atoms with van der Waals surface area (Å²) in [5.74, 6) is -0.472. The molecule has 1 aliphatic heterocycles. The van der Waals surface area contributed by atoms with Gasteiger partial charge in [-0.1, -0.05) is 24.3 Å². The molecule has 1 fully saturated rings. The highest BCUT2D eigenvalue weighted by Gasteiger charge is 2.48. The number of rotatable bonds is 6. The monoisotopic (exact) mass is 471 g/mol. The predicted octanol–water partition coefficient (Wildman–Crippen LogP) is 5.65. The number of methoxy groups -OCH3 is 1. The molecule has 1 amide bonds. The average Bonchev–Trinajstić information content (AvgIpc) is 3.09. The van der Waals surface area contributed by atoms with E-state index >= 15 is 0 Å². The van der Waals surface area contributed by atoms with Crippen LogP contribution in [-0.4, -0.2) is 30.5 Å². The van der Waals surface area contributed by atoms with Gasteiger partial charge < -0.3 is 14.6 Å². The number of carbonyl (C=O) groups excluding carboxylic acids is 2. The lowest BCUT2D eigenvalue weighted by molar-refractivity contribution is -0.132. The maximum atomic E-state index is 13.4. The van der Waals surface area contributed by atoms with E-state index in [1.54, 1.807) is 24.3 Å². The number of hydrogen-bond acceptors (Lipinski definition) is 5. The van der Waals surface area contributed by atoms with Crippen molar-refractivity contribution in [2.75, 3.05) is 18.6 Å². The molecule has 3 aromatic rings. The minimum Gasteiger partial charge on any atom is -0.507 e. The van der Waals surface area contributed by atoms with E-state index in [-0.39, 0.29) is 11.3 Å². The summed E-state index contributed by atoms with van der Waals surface area (Å²) in [4.78, 5) is 28.3. The zero-order chi connectivity index (χ0) is 25.3. The van der Waals surface area contributed by atoms with Gasteiger partial charge in [0.1, 0.15) is 17.3 Å². The Kier molecular flexibility index (Phi) is 6.65. The lowest BCUT2D eigenvalue weighted by Crippen LogP contribution is -2.29. The molecule has 3 aromatic carbocycles. The Morgan fingerprint density at radius 2 is 1.63 bits per heavy atom. The molecular formula is C29H29NO5. The number of anilines is 1. The van der Waals surface area contributed by atoms with E-state index in [9.17, 15) is 14.7 Å². The van der Waals surface area contributed by atoms with Crippen LogP contribution in [0.3, 0.4) is 0 Å². The van der Waals surface area contributed by atoms with Gasteiger partial charge in [-0.3, -0.25) is 14.5 Å². The number of ketones is 1. The number of carbonyl (C=O) groups is 2. The van der Waals surface area contributed by atoms with Gasteiger partial charge in [-0.2, -0.15) is 0 Å². The Bertz CT molecular complexity index is 1320. The Hall–Kier alpha value is -4.06. The molecule has 1 heterocycles. The molecule has 0 radical (unpaired) electrons. The van der Waals surface area contributed by atoms with E-state index in [0.29, 0.717) is 34.9 Å². The fraction of sp³-hybridized carbons (Fsp3) is 0.241. The standard InChI is InChI=1S/C29H29NO5/c1-6-35-23-12-11-20(16-19(23)4)27(31)25-26(22-9-7-8-10-24(22)34-5)30(29(33)28(25)32)21-14-17(2)13-18(3)15-21/h7-16,26,31H,6H2,1-5H3/b27-25+. The Morgan fingerprint density at radius 3 is 2.26 bits per heavy atom. The van der Waals surface area contributed by atoms with Crippen LogP contribution in [0.15, 0.2) is 66.2 Å². The van der Waals surface area contributed by atoms with Crippen molar-refractivity contribution in [2.24, 2.45) is 0 Å². The molecule has 180 valence electrons. The van der Waals surface area contributed by atoms with Crippen molar-refractivity contribution in [1.29, 1.82) is 0 Å². The molecule has 6 heteroatoms. The summed E-state index contributed by atoms with van der Waals surface area (Å²) in [6.45, 7) is 8.16. The summed E-state index contributed by atoms with van der Waals surface area (Å²) < 4.78 is 11.2. The van der Waals surface area contributed by atoms with Gasteiger partial charge in [0.05, 0.1) is 25.3 Å². The second kappa shape index (κ2) is 9.66. The summed E-state index contributed by atoms with van der Waals surface area (Å²) in [6.07, 6.45) is 0. The van der Waals surface area contributed by atoms with E-state index in [2.05, 4.69) is 0 Å². The summed E-state index contributed by atoms with van der Waals surface area (Å²) in [5, 5.41) is 11.4. The normalized spacial score (nSPS) is 17.1. The van der Waals surface area contributed by atoms with Gasteiger partial charge in [0.2, 0.25) is 0 Å². The van der Waals surface area contributed by atoms with Crippen molar-refractivity contribution >= 4 is 23.1 Å². The van der Waals surface area contributed by atoms with Crippen molar-refractivity contribution in [1.82, 2.24) is 0 Å². The highest BCUT2D eigenvalue weighted by Crippen LogP contribution is 2.45. The number of nitrogens with zero attached hydrogens (tertiary/aromatic N) is 1. The van der Waals surface area contributed by atoms with Crippen molar-refractivity contribution in [3.05, 3.63) is 94.1 Å². The fourth-order valence-electron chi connectivity index (χ4n) is 4.64. The lowest BCUT2D eigenvalue weighted by Gasteiger charge is -2.27. The summed E-state index contributed by atoms with van der Waals surface area (Å²) in [5.41, 5.74) is 4.38. The van der Waals surface area contributed by atoms with Crippen molar-refractivity contribution in [3.63, 3.8) is 0 Å². The van der Waals surface area contributed by atoms with Crippen LogP contribution in [0.5, 0.6) is 11.5 Å². The molecule has 1 aliphatic rings. The van der Waals surface area contributed by atoms with Crippen molar-refractivity contribution < 1.29 is 24.2 Å². The highest BCUT2D eigenvalue weighted by atomic mass is 16.5. The van der Waals surface area contributed by atoms with E-state index in [1.807, 2.05) is 64.1 Å². The number of aliphatic hydroxyl groups is 1. The quantitative estimate of drug-likeness (QED) is 0.286. The van der Waals surface area contributed by atoms with Crippen LogP contribution in [0.1, 0.15) is 40.8 Å². The van der Waals surface area contributed by atoms with Crippen LogP contribution >= 0.6 is 0 Å². The molecule has 35 heavy (non-hydrogen) atoms. The first-order valence-electron chi connectivity index (χ1n) is 11.5. The fourth-order valence-corrected chi connectivity index (χ4v) is 4.64. The number of benzene rings is 3. The van der Waals surface area contributed by atoms with Crippen LogP contribution in [0.2, 0.25) is 0 Å². The van der Waals surface area contributed by atoms with Crippen LogP contribution < -0.4 is 14.4 Å². The van der Waals surface area contributed by atoms with Crippen LogP contribution in [-0.2, 0) is 9.59 Å². The number of ether oxygens (including phenoxy) is 2. The number of amides is 1. The molecule has 0 aliphatic carbocycles. The average molecular weight is 472 g/mol. The second-order valence-electron chi connectivity index (χ2n) is 8.67. The van der Waals surface area contributed by atoms with Gasteiger partial charge in [-0.05, 0) is 80.8 Å². The minimum atomic E-state index is -0.862. The van der Waals surface area contributed by atoms with Gasteiger partial charge >= 0.3 is 0 Å². The first-order chi connectivity index (χ1) is 16.8. The SMILES string of the molecule is CCOc1ccc(/C(O)=C2\C(=O)C(=O)N(c3cc(C)cc(C)c3)C2c2ccccc2OC)cc1C. The lowest BCUT2D eigenvalue weighted by atomic mass is 9.94. The third-order valence-corrected chi connectivity index (χ3v) is 6.11. The second-order valence-corrected chi connectivity index (χ2v) is 8.67. The van der Waals surface area contributed by atoms with Gasteiger partial charge in [-0.25, -0.2) is 0 Å². The third-order valence-electron chi connectivity index (χ3n) is 6.11. The van der Waals surface area contributed by atoms with Crippen molar-refractivity contribution in [2.45, 2.75) is 33.7 Å². The van der Waals surface area contributed by atoms with E-state index < -0.39 is 17.7 Å². The molecule has 0 bridgehead atoms. The number of para-hydroxylation sites is 1. The first-order valence-corrected chi connectivity index (χ1v) is 11.5. The summed E-state index contributed by atoms with van der Waals surface area (Å²) in [6, 6.07) is 17.3. The molecule has 1 atom stereocenters. The van der Waals surface area contributed by atoms with Gasteiger partial charge in [0, 0.05) is 16.8 Å². The Balaban J connectivity index is 1.97. The predicted molar refractivity (Wildman–Crippen MR) is 136 cm³/mol. The number of hydrogen-bond donors (Lipinski definition) is 1. The molecule has 1 N–H and O–H groups in total. The zero-order valence-electron chi connectivity index (χ0n) is 20.6. The smallest absolute Gasteiger partial charge is 0.300 e. The molecule has 0 spiro atoms. The van der Waals surface area contributed by atoms with Gasteiger partial charge in [0.25, 0.3) is 11.7 Å². The van der Waals surface area contributed by atoms with E-state index in [1.165, 1.54) is 12.0 Å². The molecular weight excluding hydrogens is 442 g/mol. The first kappa shape index (κ1) is 24.1. The number of aryl methyl sites for hydroxylation is 3. The van der Waals surface area contributed by atoms with E-state index in [0.717, 1.165) is 16.7 Å². The minimum absolute atomic E-state index is 0.0159. The van der Waals surface area contributed by atoms with Gasteiger partial charge in [-0.15, -0.1) is 0 Å². The molecule has 6 nitrogen and oxygen atoms in total. The van der Waals surface area contributed by atoms with Crippen LogP contribution in [0, 0.1) is 20.8 Å². The maximum absolute atomic E-state index is 13.4. The highest BCUT2D eigenvalue weighted by molar-refractivity contribution is 6.51. The number of Topliss-reactive ketones (excluding diaryl/α,β-unsaturated/α-hetero) is 1. The molecule has 0 saturated carbocycles. The molecule has 1 unspecified atom stereocenters. The topological polar surface area (TPSA) is 76.1 Å². The van der Waals surface area contributed by atoms with Crippen LogP contribution in [0.25, 0.3) is 5.76 Å². The third kappa shape index (κ3) is 4.39. The summed E-state index contributed by atoms with van der Waals surface area (Å²) in [7, 11) is 1.54. The molecule has 0 aromatic heterocycles. The Labute approximate surface area is 205 Å². The Morgan fingerprint density at radius 1 is 0.943 bits per heavy atom. The van der Waals surface area contributed by atoms with E-state index in [4.69, 9.17) is 9.47 Å². The molecule has 4 rings (SSSR count). The molecule has 1 saturated heterocycles.